The van der Waals surface area contributed by atoms with Crippen LogP contribution in [-0.2, 0) is 9.53 Å². The maximum Gasteiger partial charge on any atom is 0.233 e. The number of fused-ring (bicyclic) bond motifs is 1. The minimum atomic E-state index is -0.242. The largest absolute Gasteiger partial charge is 0.385 e. The number of hydrogen-bond acceptors (Lipinski definition) is 4. The number of carbonyl (C=O) groups excluding carboxylic acids is 1. The van der Waals surface area contributed by atoms with Gasteiger partial charge in [0, 0.05) is 25.9 Å². The van der Waals surface area contributed by atoms with E-state index in [0.717, 1.165) is 28.3 Å². The summed E-state index contributed by atoms with van der Waals surface area (Å²) in [5.41, 5.74) is 4.22. The van der Waals surface area contributed by atoms with Gasteiger partial charge in [-0.15, -0.1) is 0 Å². The highest BCUT2D eigenvalue weighted by molar-refractivity contribution is 8.00. The number of aryl methyl sites for hydroxylation is 1. The summed E-state index contributed by atoms with van der Waals surface area (Å²) in [4.78, 5) is 17.2. The van der Waals surface area contributed by atoms with Crippen LogP contribution in [0.3, 0.4) is 0 Å². The maximum absolute atomic E-state index is 12.4. The summed E-state index contributed by atoms with van der Waals surface area (Å²) >= 11 is 1.48. The number of thioether (sulfide) groups is 1. The number of carbonyl (C=O) groups is 1. The first kappa shape index (κ1) is 19.5. The van der Waals surface area contributed by atoms with Crippen LogP contribution in [0.5, 0.6) is 0 Å². The summed E-state index contributed by atoms with van der Waals surface area (Å²) < 4.78 is 7.14. The van der Waals surface area contributed by atoms with Crippen LogP contribution in [0.15, 0.2) is 53.7 Å². The quantitative estimate of drug-likeness (QED) is 0.472. The van der Waals surface area contributed by atoms with E-state index in [-0.39, 0.29) is 11.2 Å². The van der Waals surface area contributed by atoms with Gasteiger partial charge in [-0.1, -0.05) is 41.6 Å². The van der Waals surface area contributed by atoms with Crippen molar-refractivity contribution in [1.29, 1.82) is 0 Å². The molecule has 27 heavy (non-hydrogen) atoms. The summed E-state index contributed by atoms with van der Waals surface area (Å²) in [6.07, 6.45) is 0.807. The zero-order chi connectivity index (χ0) is 19.2. The summed E-state index contributed by atoms with van der Waals surface area (Å²) in [5, 5.41) is 3.54. The van der Waals surface area contributed by atoms with Crippen molar-refractivity contribution in [3.63, 3.8) is 0 Å². The van der Waals surface area contributed by atoms with Crippen molar-refractivity contribution in [2.45, 2.75) is 30.7 Å². The van der Waals surface area contributed by atoms with Crippen LogP contribution in [-0.4, -0.2) is 41.0 Å². The molecule has 142 valence electrons. The van der Waals surface area contributed by atoms with E-state index in [4.69, 9.17) is 9.72 Å². The number of nitrogens with zero attached hydrogens (tertiary/aromatic N) is 2. The Bertz CT molecular complexity index is 905. The monoisotopic (exact) mass is 383 g/mol. The molecule has 0 bridgehead atoms. The molecule has 0 aliphatic rings. The molecule has 1 amide bonds. The van der Waals surface area contributed by atoms with Crippen molar-refractivity contribution in [2.24, 2.45) is 0 Å². The van der Waals surface area contributed by atoms with Crippen LogP contribution in [0.4, 0.5) is 0 Å². The normalized spacial score (nSPS) is 12.3. The number of ether oxygens (including phenoxy) is 1. The number of methoxy groups -OCH3 is 1. The van der Waals surface area contributed by atoms with Crippen LogP contribution in [0.1, 0.15) is 18.9 Å². The Labute approximate surface area is 164 Å². The van der Waals surface area contributed by atoms with Crippen molar-refractivity contribution in [1.82, 2.24) is 14.9 Å². The number of benzene rings is 2. The van der Waals surface area contributed by atoms with Gasteiger partial charge < -0.3 is 10.1 Å². The topological polar surface area (TPSA) is 56.1 Å². The molecule has 1 aromatic heterocycles. The van der Waals surface area contributed by atoms with E-state index in [9.17, 15) is 4.79 Å². The molecule has 2 aromatic carbocycles. The van der Waals surface area contributed by atoms with Gasteiger partial charge in [0.1, 0.15) is 0 Å². The van der Waals surface area contributed by atoms with Gasteiger partial charge in [-0.2, -0.15) is 0 Å². The Hall–Kier alpha value is -2.31. The molecule has 5 nitrogen and oxygen atoms in total. The SMILES string of the molecule is COCCCNC(=O)C(C)Sc1nc2ccccc2n1-c1ccc(C)cc1. The van der Waals surface area contributed by atoms with Gasteiger partial charge in [-0.05, 0) is 44.5 Å². The fourth-order valence-electron chi connectivity index (χ4n) is 2.81. The van der Waals surface area contributed by atoms with Crippen LogP contribution < -0.4 is 5.32 Å². The molecule has 1 atom stereocenters. The van der Waals surface area contributed by atoms with Gasteiger partial charge in [0.05, 0.1) is 16.3 Å². The second kappa shape index (κ2) is 9.06. The number of amides is 1. The fraction of sp³-hybridized carbons (Fsp3) is 0.333. The molecule has 6 heteroatoms. The smallest absolute Gasteiger partial charge is 0.233 e. The van der Waals surface area contributed by atoms with E-state index >= 15 is 0 Å². The van der Waals surface area contributed by atoms with Gasteiger partial charge in [-0.3, -0.25) is 9.36 Å². The number of rotatable bonds is 8. The lowest BCUT2D eigenvalue weighted by Gasteiger charge is -2.14. The summed E-state index contributed by atoms with van der Waals surface area (Å²) in [6, 6.07) is 16.4. The lowest BCUT2D eigenvalue weighted by Crippen LogP contribution is -2.32. The summed E-state index contributed by atoms with van der Waals surface area (Å²) in [7, 11) is 1.66. The average molecular weight is 384 g/mol. The second-order valence-corrected chi connectivity index (χ2v) is 7.76. The Morgan fingerprint density at radius 1 is 1.22 bits per heavy atom. The van der Waals surface area contributed by atoms with E-state index < -0.39 is 0 Å². The molecule has 0 saturated carbocycles. The number of aromatic nitrogens is 2. The Morgan fingerprint density at radius 3 is 2.70 bits per heavy atom. The number of imidazole rings is 1. The van der Waals surface area contributed by atoms with E-state index in [0.29, 0.717) is 13.2 Å². The number of para-hydroxylation sites is 2. The average Bonchev–Trinajstić information content (AvgIpc) is 3.03. The lowest BCUT2D eigenvalue weighted by molar-refractivity contribution is -0.120. The van der Waals surface area contributed by atoms with Gasteiger partial charge >= 0.3 is 0 Å². The molecular weight excluding hydrogens is 358 g/mol. The first-order valence-corrected chi connectivity index (χ1v) is 9.96. The standard InChI is InChI=1S/C21H25N3O2S/c1-15-9-11-17(12-10-15)24-19-8-5-4-7-18(19)23-21(24)27-16(2)20(25)22-13-6-14-26-3/h4-5,7-12,16H,6,13-14H2,1-3H3,(H,22,25). The van der Waals surface area contributed by atoms with Gasteiger partial charge in [0.25, 0.3) is 0 Å². The Kier molecular flexibility index (Phi) is 6.53. The highest BCUT2D eigenvalue weighted by atomic mass is 32.2. The zero-order valence-electron chi connectivity index (χ0n) is 15.9. The first-order chi connectivity index (χ1) is 13.1. The van der Waals surface area contributed by atoms with Crippen molar-refractivity contribution in [3.8, 4) is 5.69 Å². The number of nitrogens with one attached hydrogen (secondary N) is 1. The van der Waals surface area contributed by atoms with Crippen LogP contribution >= 0.6 is 11.8 Å². The molecular formula is C21H25N3O2S. The van der Waals surface area contributed by atoms with Crippen molar-refractivity contribution in [3.05, 3.63) is 54.1 Å². The minimum Gasteiger partial charge on any atom is -0.385 e. The molecule has 3 aromatic rings. The molecule has 3 rings (SSSR count). The minimum absolute atomic E-state index is 0.0126. The first-order valence-electron chi connectivity index (χ1n) is 9.08. The highest BCUT2D eigenvalue weighted by Gasteiger charge is 2.20. The van der Waals surface area contributed by atoms with Gasteiger partial charge in [0.15, 0.2) is 5.16 Å². The van der Waals surface area contributed by atoms with Crippen LogP contribution in [0.2, 0.25) is 0 Å². The molecule has 0 spiro atoms. The van der Waals surface area contributed by atoms with Crippen molar-refractivity contribution in [2.75, 3.05) is 20.3 Å². The van der Waals surface area contributed by atoms with Gasteiger partial charge in [-0.25, -0.2) is 4.98 Å². The molecule has 0 fully saturated rings. The highest BCUT2D eigenvalue weighted by Crippen LogP contribution is 2.30. The maximum atomic E-state index is 12.4. The molecule has 1 heterocycles. The third-order valence-corrected chi connectivity index (χ3v) is 5.35. The number of hydrogen-bond donors (Lipinski definition) is 1. The molecule has 1 unspecified atom stereocenters. The fourth-order valence-corrected chi connectivity index (χ4v) is 3.78. The molecule has 0 aliphatic carbocycles. The predicted molar refractivity (Wildman–Crippen MR) is 111 cm³/mol. The zero-order valence-corrected chi connectivity index (χ0v) is 16.8. The van der Waals surface area contributed by atoms with E-state index in [1.54, 1.807) is 7.11 Å². The van der Waals surface area contributed by atoms with Crippen LogP contribution in [0, 0.1) is 6.92 Å². The van der Waals surface area contributed by atoms with E-state index in [1.165, 1.54) is 17.3 Å². The third kappa shape index (κ3) is 4.70. The predicted octanol–water partition coefficient (Wildman–Crippen LogP) is 3.97. The molecule has 1 N–H and O–H groups in total. The Morgan fingerprint density at radius 2 is 1.96 bits per heavy atom. The van der Waals surface area contributed by atoms with Crippen LogP contribution in [0.25, 0.3) is 16.7 Å². The second-order valence-electron chi connectivity index (χ2n) is 6.45. The Balaban J connectivity index is 1.84. The van der Waals surface area contributed by atoms with E-state index in [1.807, 2.05) is 25.1 Å². The third-order valence-electron chi connectivity index (χ3n) is 4.30. The summed E-state index contributed by atoms with van der Waals surface area (Å²) in [5.74, 6) is 0.0126. The lowest BCUT2D eigenvalue weighted by atomic mass is 10.2. The van der Waals surface area contributed by atoms with Crippen molar-refractivity contribution >= 4 is 28.7 Å². The molecule has 0 aliphatic heterocycles. The molecule has 0 saturated heterocycles. The van der Waals surface area contributed by atoms with Crippen molar-refractivity contribution < 1.29 is 9.53 Å². The van der Waals surface area contributed by atoms with Gasteiger partial charge in [0.2, 0.25) is 5.91 Å². The van der Waals surface area contributed by atoms with E-state index in [2.05, 4.69) is 47.1 Å². The summed E-state index contributed by atoms with van der Waals surface area (Å²) in [6.45, 7) is 5.24. The molecule has 0 radical (unpaired) electrons.